The van der Waals surface area contributed by atoms with Crippen LogP contribution >= 0.6 is 0 Å². The van der Waals surface area contributed by atoms with E-state index in [2.05, 4.69) is 0 Å². The second-order valence-electron chi connectivity index (χ2n) is 6.09. The van der Waals surface area contributed by atoms with E-state index in [1.165, 1.54) is 12.8 Å². The minimum Gasteiger partial charge on any atom is -0.398 e. The Kier molecular flexibility index (Phi) is 4.94. The van der Waals surface area contributed by atoms with Crippen molar-refractivity contribution in [3.8, 4) is 0 Å². The summed E-state index contributed by atoms with van der Waals surface area (Å²) < 4.78 is 27.6. The first-order valence-electron chi connectivity index (χ1n) is 7.69. The highest BCUT2D eigenvalue weighted by molar-refractivity contribution is 7.89. The van der Waals surface area contributed by atoms with Crippen molar-refractivity contribution >= 4 is 15.7 Å². The number of anilines is 1. The van der Waals surface area contributed by atoms with E-state index in [1.54, 1.807) is 30.4 Å². The summed E-state index contributed by atoms with van der Waals surface area (Å²) in [5.41, 5.74) is 7.87. The molecule has 0 saturated heterocycles. The van der Waals surface area contributed by atoms with E-state index < -0.39 is 10.0 Å². The first-order chi connectivity index (χ1) is 9.85. The van der Waals surface area contributed by atoms with E-state index in [-0.39, 0.29) is 6.04 Å². The van der Waals surface area contributed by atoms with E-state index in [9.17, 15) is 8.42 Å². The van der Waals surface area contributed by atoms with Crippen molar-refractivity contribution in [3.63, 3.8) is 0 Å². The van der Waals surface area contributed by atoms with Crippen LogP contribution in [0, 0.1) is 13.8 Å². The SMILES string of the molecule is Cc1ccc(N)c(C)c1S(=O)(=O)N(C)C1CCCCCC1. The van der Waals surface area contributed by atoms with Crippen molar-refractivity contribution < 1.29 is 8.42 Å². The lowest BCUT2D eigenvalue weighted by Crippen LogP contribution is -2.37. The van der Waals surface area contributed by atoms with Gasteiger partial charge in [0, 0.05) is 18.8 Å². The number of aryl methyl sites for hydroxylation is 1. The molecule has 4 nitrogen and oxygen atoms in total. The van der Waals surface area contributed by atoms with Crippen LogP contribution in [0.3, 0.4) is 0 Å². The lowest BCUT2D eigenvalue weighted by Gasteiger charge is -2.28. The van der Waals surface area contributed by atoms with Gasteiger partial charge < -0.3 is 5.73 Å². The molecule has 0 atom stereocenters. The quantitative estimate of drug-likeness (QED) is 0.688. The Bertz CT molecular complexity index is 603. The summed E-state index contributed by atoms with van der Waals surface area (Å²) in [5, 5.41) is 0. The van der Waals surface area contributed by atoms with Gasteiger partial charge in [-0.3, -0.25) is 0 Å². The molecule has 0 spiro atoms. The number of nitrogen functional groups attached to an aromatic ring is 1. The van der Waals surface area contributed by atoms with E-state index in [4.69, 9.17) is 5.73 Å². The minimum absolute atomic E-state index is 0.109. The zero-order valence-corrected chi connectivity index (χ0v) is 14.0. The number of sulfonamides is 1. The van der Waals surface area contributed by atoms with Crippen LogP contribution in [0.25, 0.3) is 0 Å². The third-order valence-electron chi connectivity index (χ3n) is 4.62. The van der Waals surface area contributed by atoms with Crippen LogP contribution in [-0.2, 0) is 10.0 Å². The molecular weight excluding hydrogens is 284 g/mol. The van der Waals surface area contributed by atoms with Gasteiger partial charge >= 0.3 is 0 Å². The van der Waals surface area contributed by atoms with Gasteiger partial charge in [0.25, 0.3) is 0 Å². The monoisotopic (exact) mass is 310 g/mol. The summed E-state index contributed by atoms with van der Waals surface area (Å²) in [4.78, 5) is 0.384. The fourth-order valence-electron chi connectivity index (χ4n) is 3.20. The zero-order valence-electron chi connectivity index (χ0n) is 13.2. The largest absolute Gasteiger partial charge is 0.398 e. The maximum atomic E-state index is 13.0. The highest BCUT2D eigenvalue weighted by Gasteiger charge is 2.31. The topological polar surface area (TPSA) is 63.4 Å². The van der Waals surface area contributed by atoms with Crippen molar-refractivity contribution in [2.75, 3.05) is 12.8 Å². The van der Waals surface area contributed by atoms with Gasteiger partial charge in [-0.1, -0.05) is 31.7 Å². The van der Waals surface area contributed by atoms with E-state index in [0.29, 0.717) is 16.1 Å². The molecule has 118 valence electrons. The molecule has 1 saturated carbocycles. The lowest BCUT2D eigenvalue weighted by molar-refractivity contribution is 0.335. The molecule has 2 N–H and O–H groups in total. The van der Waals surface area contributed by atoms with E-state index >= 15 is 0 Å². The van der Waals surface area contributed by atoms with E-state index in [0.717, 1.165) is 31.2 Å². The van der Waals surface area contributed by atoms with Crippen LogP contribution in [0.1, 0.15) is 49.7 Å². The van der Waals surface area contributed by atoms with Gasteiger partial charge in [0.05, 0.1) is 4.90 Å². The summed E-state index contributed by atoms with van der Waals surface area (Å²) in [6.45, 7) is 3.62. The fraction of sp³-hybridized carbons (Fsp3) is 0.625. The normalized spacial score (nSPS) is 17.9. The molecule has 1 aliphatic rings. The maximum Gasteiger partial charge on any atom is 0.243 e. The first kappa shape index (κ1) is 16.3. The number of nitrogens with zero attached hydrogens (tertiary/aromatic N) is 1. The molecule has 1 aromatic carbocycles. The van der Waals surface area contributed by atoms with Gasteiger partial charge in [-0.2, -0.15) is 4.31 Å². The molecule has 1 aromatic rings. The highest BCUT2D eigenvalue weighted by Crippen LogP contribution is 2.30. The molecule has 2 rings (SSSR count). The van der Waals surface area contributed by atoms with Gasteiger partial charge in [-0.25, -0.2) is 8.42 Å². The van der Waals surface area contributed by atoms with Gasteiger partial charge in [0.1, 0.15) is 0 Å². The van der Waals surface area contributed by atoms with Crippen molar-refractivity contribution in [3.05, 3.63) is 23.3 Å². The Morgan fingerprint density at radius 2 is 1.67 bits per heavy atom. The van der Waals surface area contributed by atoms with Crippen LogP contribution < -0.4 is 5.73 Å². The summed E-state index contributed by atoms with van der Waals surface area (Å²) in [6.07, 6.45) is 6.55. The third-order valence-corrected chi connectivity index (χ3v) is 6.82. The number of benzene rings is 1. The summed E-state index contributed by atoms with van der Waals surface area (Å²) in [7, 11) is -1.77. The molecule has 21 heavy (non-hydrogen) atoms. The average molecular weight is 310 g/mol. The molecule has 0 amide bonds. The Hall–Kier alpha value is -1.07. The number of rotatable bonds is 3. The molecule has 1 aliphatic carbocycles. The van der Waals surface area contributed by atoms with Crippen LogP contribution in [-0.4, -0.2) is 25.8 Å². The Balaban J connectivity index is 2.39. The average Bonchev–Trinajstić information content (AvgIpc) is 2.71. The summed E-state index contributed by atoms with van der Waals surface area (Å²) in [6, 6.07) is 3.67. The molecular formula is C16H26N2O2S. The summed E-state index contributed by atoms with van der Waals surface area (Å²) in [5.74, 6) is 0. The first-order valence-corrected chi connectivity index (χ1v) is 9.13. The molecule has 1 fully saturated rings. The summed E-state index contributed by atoms with van der Waals surface area (Å²) >= 11 is 0. The number of nitrogens with two attached hydrogens (primary N) is 1. The Morgan fingerprint density at radius 3 is 2.24 bits per heavy atom. The highest BCUT2D eigenvalue weighted by atomic mass is 32.2. The molecule has 0 aromatic heterocycles. The van der Waals surface area contributed by atoms with Gasteiger partial charge in [0.15, 0.2) is 0 Å². The van der Waals surface area contributed by atoms with Crippen LogP contribution in [0.2, 0.25) is 0 Å². The van der Waals surface area contributed by atoms with Gasteiger partial charge in [-0.15, -0.1) is 0 Å². The van der Waals surface area contributed by atoms with Crippen molar-refractivity contribution in [1.82, 2.24) is 4.31 Å². The molecule has 0 heterocycles. The Labute approximate surface area is 128 Å². The zero-order chi connectivity index (χ0) is 15.6. The third kappa shape index (κ3) is 3.24. The van der Waals surface area contributed by atoms with Crippen molar-refractivity contribution in [2.45, 2.75) is 63.3 Å². The smallest absolute Gasteiger partial charge is 0.243 e. The predicted molar refractivity (Wildman–Crippen MR) is 86.8 cm³/mol. The molecule has 0 bridgehead atoms. The molecule has 0 aliphatic heterocycles. The number of hydrogen-bond acceptors (Lipinski definition) is 3. The van der Waals surface area contributed by atoms with Crippen molar-refractivity contribution in [2.24, 2.45) is 0 Å². The lowest BCUT2D eigenvalue weighted by atomic mass is 10.1. The van der Waals surface area contributed by atoms with Gasteiger partial charge in [-0.05, 0) is 43.9 Å². The van der Waals surface area contributed by atoms with Crippen LogP contribution in [0.15, 0.2) is 17.0 Å². The van der Waals surface area contributed by atoms with Gasteiger partial charge in [0.2, 0.25) is 10.0 Å². The fourth-order valence-corrected chi connectivity index (χ4v) is 5.07. The molecule has 5 heteroatoms. The predicted octanol–water partition coefficient (Wildman–Crippen LogP) is 3.23. The molecule has 0 unspecified atom stereocenters. The Morgan fingerprint density at radius 1 is 1.10 bits per heavy atom. The molecule has 0 radical (unpaired) electrons. The van der Waals surface area contributed by atoms with E-state index in [1.807, 2.05) is 6.92 Å². The standard InChI is InChI=1S/C16H26N2O2S/c1-12-10-11-15(17)13(2)16(12)21(19,20)18(3)14-8-6-4-5-7-9-14/h10-11,14H,4-9,17H2,1-3H3. The second-order valence-corrected chi connectivity index (χ2v) is 8.03. The second kappa shape index (κ2) is 6.36. The van der Waals surface area contributed by atoms with Crippen molar-refractivity contribution in [1.29, 1.82) is 0 Å². The van der Waals surface area contributed by atoms with Crippen LogP contribution in [0.5, 0.6) is 0 Å². The minimum atomic E-state index is -3.49. The maximum absolute atomic E-state index is 13.0. The number of hydrogen-bond donors (Lipinski definition) is 1. The van der Waals surface area contributed by atoms with Crippen LogP contribution in [0.4, 0.5) is 5.69 Å².